The molecular formula is C18H24N4O3. The van der Waals surface area contributed by atoms with Gasteiger partial charge in [0, 0.05) is 31.9 Å². The van der Waals surface area contributed by atoms with E-state index in [0.717, 1.165) is 6.42 Å². The second-order valence-corrected chi connectivity index (χ2v) is 6.17. The fraction of sp³-hybridized carbons (Fsp3) is 0.444. The van der Waals surface area contributed by atoms with Crippen molar-refractivity contribution in [1.82, 2.24) is 20.2 Å². The Balaban J connectivity index is 1.88. The van der Waals surface area contributed by atoms with Gasteiger partial charge in [-0.3, -0.25) is 14.6 Å². The van der Waals surface area contributed by atoms with E-state index in [1.807, 2.05) is 0 Å². The Bertz CT molecular complexity index is 656. The van der Waals surface area contributed by atoms with Crippen molar-refractivity contribution in [2.45, 2.75) is 33.2 Å². The fourth-order valence-corrected chi connectivity index (χ4v) is 2.22. The molecule has 2 rings (SSSR count). The van der Waals surface area contributed by atoms with E-state index in [9.17, 15) is 9.59 Å². The van der Waals surface area contributed by atoms with E-state index >= 15 is 0 Å². The number of aromatic nitrogens is 2. The Labute approximate surface area is 147 Å². The van der Waals surface area contributed by atoms with Crippen LogP contribution in [0.1, 0.15) is 42.9 Å². The molecule has 2 aromatic rings. The van der Waals surface area contributed by atoms with Crippen molar-refractivity contribution in [3.63, 3.8) is 0 Å². The molecule has 2 aromatic heterocycles. The Hall–Kier alpha value is -2.70. The minimum absolute atomic E-state index is 0.127. The Morgan fingerprint density at radius 3 is 2.76 bits per heavy atom. The SMILES string of the molecule is CC(C)CCN(CCC(=O)NCc1ccco1)C(=O)c1cnccn1. The van der Waals surface area contributed by atoms with E-state index < -0.39 is 0 Å². The summed E-state index contributed by atoms with van der Waals surface area (Å²) in [5.41, 5.74) is 0.294. The number of amides is 2. The molecule has 0 saturated heterocycles. The van der Waals surface area contributed by atoms with Crippen LogP contribution in [0.3, 0.4) is 0 Å². The lowest BCUT2D eigenvalue weighted by Crippen LogP contribution is -2.36. The number of hydrogen-bond acceptors (Lipinski definition) is 5. The highest BCUT2D eigenvalue weighted by atomic mass is 16.3. The molecule has 0 aliphatic carbocycles. The van der Waals surface area contributed by atoms with Crippen LogP contribution in [0.5, 0.6) is 0 Å². The third-order valence-electron chi connectivity index (χ3n) is 3.69. The van der Waals surface area contributed by atoms with E-state index in [0.29, 0.717) is 37.0 Å². The van der Waals surface area contributed by atoms with E-state index in [4.69, 9.17) is 4.42 Å². The number of carbonyl (C=O) groups is 2. The molecule has 0 fully saturated rings. The van der Waals surface area contributed by atoms with Gasteiger partial charge in [0.05, 0.1) is 19.0 Å². The van der Waals surface area contributed by atoms with Crippen molar-refractivity contribution in [1.29, 1.82) is 0 Å². The monoisotopic (exact) mass is 344 g/mol. The van der Waals surface area contributed by atoms with E-state index in [1.54, 1.807) is 23.3 Å². The molecule has 0 radical (unpaired) electrons. The van der Waals surface area contributed by atoms with Crippen LogP contribution in [-0.2, 0) is 11.3 Å². The summed E-state index contributed by atoms with van der Waals surface area (Å²) in [4.78, 5) is 34.3. The van der Waals surface area contributed by atoms with Gasteiger partial charge in [-0.2, -0.15) is 0 Å². The molecule has 0 saturated carbocycles. The van der Waals surface area contributed by atoms with Gasteiger partial charge in [0.25, 0.3) is 5.91 Å². The molecular weight excluding hydrogens is 320 g/mol. The van der Waals surface area contributed by atoms with Crippen molar-refractivity contribution in [2.75, 3.05) is 13.1 Å². The highest BCUT2D eigenvalue weighted by Gasteiger charge is 2.18. The van der Waals surface area contributed by atoms with Gasteiger partial charge >= 0.3 is 0 Å². The number of rotatable bonds is 9. The standard InChI is InChI=1S/C18H24N4O3/c1-14(2)5-9-22(18(24)16-13-19-7-8-20-16)10-6-17(23)21-12-15-4-3-11-25-15/h3-4,7-8,11,13-14H,5-6,9-10,12H2,1-2H3,(H,21,23). The molecule has 2 amide bonds. The van der Waals surface area contributed by atoms with Gasteiger partial charge in [0.15, 0.2) is 0 Å². The van der Waals surface area contributed by atoms with Gasteiger partial charge in [-0.25, -0.2) is 4.98 Å². The lowest BCUT2D eigenvalue weighted by molar-refractivity contribution is -0.121. The van der Waals surface area contributed by atoms with Crippen LogP contribution in [0.25, 0.3) is 0 Å². The minimum Gasteiger partial charge on any atom is -0.467 e. The van der Waals surface area contributed by atoms with E-state index in [2.05, 4.69) is 29.1 Å². The van der Waals surface area contributed by atoms with Gasteiger partial charge in [-0.1, -0.05) is 13.8 Å². The summed E-state index contributed by atoms with van der Waals surface area (Å²) in [5, 5.41) is 2.79. The zero-order valence-electron chi connectivity index (χ0n) is 14.6. The largest absolute Gasteiger partial charge is 0.467 e. The van der Waals surface area contributed by atoms with Crippen molar-refractivity contribution in [2.24, 2.45) is 5.92 Å². The third kappa shape index (κ3) is 6.37. The second kappa shape index (κ2) is 9.56. The minimum atomic E-state index is -0.201. The highest BCUT2D eigenvalue weighted by molar-refractivity contribution is 5.92. The van der Waals surface area contributed by atoms with Crippen LogP contribution in [0.15, 0.2) is 41.4 Å². The number of carbonyl (C=O) groups excluding carboxylic acids is 2. The normalized spacial score (nSPS) is 10.7. The predicted octanol–water partition coefficient (Wildman–Crippen LogP) is 2.26. The average molecular weight is 344 g/mol. The first-order valence-electron chi connectivity index (χ1n) is 8.40. The third-order valence-corrected chi connectivity index (χ3v) is 3.69. The Morgan fingerprint density at radius 1 is 1.28 bits per heavy atom. The summed E-state index contributed by atoms with van der Waals surface area (Å²) in [7, 11) is 0. The quantitative estimate of drug-likeness (QED) is 0.754. The lowest BCUT2D eigenvalue weighted by atomic mass is 10.1. The van der Waals surface area contributed by atoms with E-state index in [1.165, 1.54) is 18.6 Å². The summed E-state index contributed by atoms with van der Waals surface area (Å²) in [6.07, 6.45) is 7.11. The number of nitrogens with one attached hydrogen (secondary N) is 1. The van der Waals surface area contributed by atoms with Crippen LogP contribution in [0, 0.1) is 5.92 Å². The fourth-order valence-electron chi connectivity index (χ4n) is 2.22. The number of furan rings is 1. The molecule has 0 aliphatic rings. The highest BCUT2D eigenvalue weighted by Crippen LogP contribution is 2.07. The molecule has 0 atom stereocenters. The molecule has 0 aromatic carbocycles. The first-order valence-corrected chi connectivity index (χ1v) is 8.40. The zero-order chi connectivity index (χ0) is 18.1. The van der Waals surface area contributed by atoms with Crippen molar-refractivity contribution >= 4 is 11.8 Å². The van der Waals surface area contributed by atoms with Gasteiger partial charge < -0.3 is 14.6 Å². The zero-order valence-corrected chi connectivity index (χ0v) is 14.6. The summed E-state index contributed by atoms with van der Waals surface area (Å²) in [6.45, 7) is 5.46. The molecule has 2 heterocycles. The second-order valence-electron chi connectivity index (χ2n) is 6.17. The van der Waals surface area contributed by atoms with Gasteiger partial charge in [-0.05, 0) is 24.5 Å². The van der Waals surface area contributed by atoms with Gasteiger partial charge in [0.1, 0.15) is 11.5 Å². The molecule has 1 N–H and O–H groups in total. The maximum atomic E-state index is 12.6. The van der Waals surface area contributed by atoms with Crippen molar-refractivity contribution in [3.05, 3.63) is 48.4 Å². The summed E-state index contributed by atoms with van der Waals surface area (Å²) in [5.74, 6) is 0.830. The van der Waals surface area contributed by atoms with Crippen LogP contribution >= 0.6 is 0 Å². The molecule has 0 aliphatic heterocycles. The van der Waals surface area contributed by atoms with Crippen LogP contribution in [0.2, 0.25) is 0 Å². The van der Waals surface area contributed by atoms with Gasteiger partial charge in [-0.15, -0.1) is 0 Å². The number of hydrogen-bond donors (Lipinski definition) is 1. The molecule has 0 unspecified atom stereocenters. The lowest BCUT2D eigenvalue weighted by Gasteiger charge is -2.23. The molecule has 134 valence electrons. The summed E-state index contributed by atoms with van der Waals surface area (Å²) >= 11 is 0. The van der Waals surface area contributed by atoms with Crippen LogP contribution in [0.4, 0.5) is 0 Å². The summed E-state index contributed by atoms with van der Waals surface area (Å²) in [6, 6.07) is 3.57. The first-order chi connectivity index (χ1) is 12.1. The Morgan fingerprint density at radius 2 is 2.12 bits per heavy atom. The Kier molecular flexibility index (Phi) is 7.13. The van der Waals surface area contributed by atoms with Crippen molar-refractivity contribution < 1.29 is 14.0 Å². The smallest absolute Gasteiger partial charge is 0.274 e. The molecule has 0 bridgehead atoms. The predicted molar refractivity (Wildman–Crippen MR) is 92.6 cm³/mol. The van der Waals surface area contributed by atoms with Crippen LogP contribution in [-0.4, -0.2) is 39.8 Å². The van der Waals surface area contributed by atoms with Crippen LogP contribution < -0.4 is 5.32 Å². The first kappa shape index (κ1) is 18.6. The topological polar surface area (TPSA) is 88.3 Å². The molecule has 7 heteroatoms. The number of nitrogens with zero attached hydrogens (tertiary/aromatic N) is 3. The van der Waals surface area contributed by atoms with E-state index in [-0.39, 0.29) is 18.2 Å². The molecule has 0 spiro atoms. The molecule has 25 heavy (non-hydrogen) atoms. The average Bonchev–Trinajstić information content (AvgIpc) is 3.13. The molecule has 7 nitrogen and oxygen atoms in total. The maximum absolute atomic E-state index is 12.6. The van der Waals surface area contributed by atoms with Crippen molar-refractivity contribution in [3.8, 4) is 0 Å². The maximum Gasteiger partial charge on any atom is 0.274 e. The summed E-state index contributed by atoms with van der Waals surface area (Å²) < 4.78 is 5.18. The van der Waals surface area contributed by atoms with Gasteiger partial charge in [0.2, 0.25) is 5.91 Å².